The fourth-order valence-electron chi connectivity index (χ4n) is 2.40. The van der Waals surface area contributed by atoms with Gasteiger partial charge in [-0.1, -0.05) is 0 Å². The minimum atomic E-state index is -0.152. The van der Waals surface area contributed by atoms with E-state index in [0.717, 1.165) is 24.6 Å². The Hall–Kier alpha value is -2.44. The summed E-state index contributed by atoms with van der Waals surface area (Å²) >= 11 is 0. The molecule has 2 aromatic heterocycles. The van der Waals surface area contributed by atoms with Crippen molar-refractivity contribution >= 4 is 11.7 Å². The van der Waals surface area contributed by atoms with Gasteiger partial charge >= 0.3 is 0 Å². The summed E-state index contributed by atoms with van der Waals surface area (Å²) < 4.78 is 0. The predicted octanol–water partition coefficient (Wildman–Crippen LogP) is 0.740. The van der Waals surface area contributed by atoms with Crippen molar-refractivity contribution in [2.75, 3.05) is 18.0 Å². The fourth-order valence-corrected chi connectivity index (χ4v) is 2.40. The molecule has 21 heavy (non-hydrogen) atoms. The van der Waals surface area contributed by atoms with Crippen LogP contribution in [0.3, 0.4) is 0 Å². The molecule has 0 aromatic carbocycles. The van der Waals surface area contributed by atoms with Gasteiger partial charge in [-0.2, -0.15) is 15.0 Å². The average molecular weight is 286 g/mol. The number of hydrogen-bond acceptors (Lipinski definition) is 5. The van der Waals surface area contributed by atoms with E-state index in [1.165, 1.54) is 17.6 Å². The Balaban J connectivity index is 1.59. The van der Waals surface area contributed by atoms with E-state index in [1.807, 2.05) is 12.1 Å². The largest absolute Gasteiger partial charge is 0.357 e. The van der Waals surface area contributed by atoms with Gasteiger partial charge in [0.15, 0.2) is 0 Å². The number of rotatable bonds is 4. The van der Waals surface area contributed by atoms with Gasteiger partial charge in [0.05, 0.1) is 18.3 Å². The first-order valence-corrected chi connectivity index (χ1v) is 7.07. The average Bonchev–Trinajstić information content (AvgIpc) is 3.16. The maximum Gasteiger partial charge on any atom is 0.253 e. The molecule has 3 heterocycles. The first kappa shape index (κ1) is 13.5. The Morgan fingerprint density at radius 2 is 2.10 bits per heavy atom. The smallest absolute Gasteiger partial charge is 0.253 e. The molecule has 0 radical (unpaired) electrons. The molecule has 1 fully saturated rings. The van der Waals surface area contributed by atoms with Crippen LogP contribution in [-0.2, 0) is 13.6 Å². The van der Waals surface area contributed by atoms with E-state index < -0.39 is 0 Å². The van der Waals surface area contributed by atoms with Crippen molar-refractivity contribution in [3.05, 3.63) is 35.8 Å². The van der Waals surface area contributed by atoms with Gasteiger partial charge in [0.2, 0.25) is 0 Å². The van der Waals surface area contributed by atoms with E-state index in [0.29, 0.717) is 12.1 Å². The molecular formula is C14H18N6O. The molecule has 3 rings (SSSR count). The molecule has 0 unspecified atom stereocenters. The second kappa shape index (κ2) is 5.90. The van der Waals surface area contributed by atoms with Crippen LogP contribution in [0.5, 0.6) is 0 Å². The van der Waals surface area contributed by atoms with Crippen molar-refractivity contribution in [1.29, 1.82) is 0 Å². The van der Waals surface area contributed by atoms with Crippen LogP contribution in [0.15, 0.2) is 24.5 Å². The van der Waals surface area contributed by atoms with Gasteiger partial charge in [-0.3, -0.25) is 4.79 Å². The van der Waals surface area contributed by atoms with E-state index in [4.69, 9.17) is 0 Å². The lowest BCUT2D eigenvalue weighted by Crippen LogP contribution is -2.24. The molecule has 1 amide bonds. The highest BCUT2D eigenvalue weighted by atomic mass is 16.1. The molecule has 0 bridgehead atoms. The number of aromatic nitrogens is 4. The summed E-state index contributed by atoms with van der Waals surface area (Å²) in [4.78, 5) is 20.1. The minimum absolute atomic E-state index is 0.152. The maximum absolute atomic E-state index is 12.0. The van der Waals surface area contributed by atoms with Gasteiger partial charge < -0.3 is 10.2 Å². The molecular weight excluding hydrogens is 268 g/mol. The molecule has 1 aliphatic rings. The summed E-state index contributed by atoms with van der Waals surface area (Å²) in [6.07, 6.45) is 5.68. The van der Waals surface area contributed by atoms with Crippen LogP contribution in [0.2, 0.25) is 0 Å². The van der Waals surface area contributed by atoms with Crippen LogP contribution in [0, 0.1) is 0 Å². The highest BCUT2D eigenvalue weighted by Crippen LogP contribution is 2.17. The third-order valence-corrected chi connectivity index (χ3v) is 3.52. The van der Waals surface area contributed by atoms with Crippen LogP contribution >= 0.6 is 0 Å². The first-order chi connectivity index (χ1) is 10.2. The molecule has 0 aliphatic carbocycles. The lowest BCUT2D eigenvalue weighted by atomic mass is 10.2. The lowest BCUT2D eigenvalue weighted by molar-refractivity contribution is 0.0950. The van der Waals surface area contributed by atoms with Crippen molar-refractivity contribution in [2.24, 2.45) is 7.05 Å². The second-order valence-corrected chi connectivity index (χ2v) is 5.11. The SMILES string of the molecule is Cn1ncc(CNC(=O)c2ccc(N3CCCC3)nc2)n1. The summed E-state index contributed by atoms with van der Waals surface area (Å²) in [7, 11) is 1.74. The monoisotopic (exact) mass is 286 g/mol. The van der Waals surface area contributed by atoms with E-state index in [1.54, 1.807) is 19.4 Å². The zero-order valence-electron chi connectivity index (χ0n) is 12.0. The van der Waals surface area contributed by atoms with E-state index in [2.05, 4.69) is 25.4 Å². The number of anilines is 1. The molecule has 1 aliphatic heterocycles. The third kappa shape index (κ3) is 3.18. The van der Waals surface area contributed by atoms with Gasteiger partial charge in [-0.05, 0) is 25.0 Å². The summed E-state index contributed by atoms with van der Waals surface area (Å²) in [5.41, 5.74) is 1.29. The third-order valence-electron chi connectivity index (χ3n) is 3.52. The standard InChI is InChI=1S/C14H18N6O/c1-19-17-10-12(18-19)9-16-14(21)11-4-5-13(15-8-11)20-6-2-3-7-20/h4-5,8,10H,2-3,6-7,9H2,1H3,(H,16,21). The molecule has 1 saturated heterocycles. The molecule has 7 nitrogen and oxygen atoms in total. The number of carbonyl (C=O) groups is 1. The van der Waals surface area contributed by atoms with E-state index >= 15 is 0 Å². The van der Waals surface area contributed by atoms with E-state index in [9.17, 15) is 4.79 Å². The van der Waals surface area contributed by atoms with Crippen molar-refractivity contribution in [1.82, 2.24) is 25.3 Å². The van der Waals surface area contributed by atoms with Crippen LogP contribution in [0.4, 0.5) is 5.82 Å². The summed E-state index contributed by atoms with van der Waals surface area (Å²) in [5.74, 6) is 0.791. The summed E-state index contributed by atoms with van der Waals surface area (Å²) in [6.45, 7) is 2.46. The first-order valence-electron chi connectivity index (χ1n) is 7.07. The highest BCUT2D eigenvalue weighted by Gasteiger charge is 2.14. The van der Waals surface area contributed by atoms with Crippen LogP contribution < -0.4 is 10.2 Å². The van der Waals surface area contributed by atoms with Gasteiger partial charge in [0, 0.05) is 26.3 Å². The van der Waals surface area contributed by atoms with Gasteiger partial charge in [0.1, 0.15) is 11.5 Å². The van der Waals surface area contributed by atoms with Crippen molar-refractivity contribution < 1.29 is 4.79 Å². The fraction of sp³-hybridized carbons (Fsp3) is 0.429. The normalized spacial score (nSPS) is 14.4. The Kier molecular flexibility index (Phi) is 3.81. The lowest BCUT2D eigenvalue weighted by Gasteiger charge is -2.16. The van der Waals surface area contributed by atoms with Crippen molar-refractivity contribution in [3.63, 3.8) is 0 Å². The minimum Gasteiger partial charge on any atom is -0.357 e. The number of nitrogens with zero attached hydrogens (tertiary/aromatic N) is 5. The second-order valence-electron chi connectivity index (χ2n) is 5.11. The van der Waals surface area contributed by atoms with Gasteiger partial charge in [-0.15, -0.1) is 0 Å². The highest BCUT2D eigenvalue weighted by molar-refractivity contribution is 5.93. The van der Waals surface area contributed by atoms with Gasteiger partial charge in [0.25, 0.3) is 5.91 Å². The molecule has 0 atom stereocenters. The molecule has 7 heteroatoms. The predicted molar refractivity (Wildman–Crippen MR) is 77.9 cm³/mol. The van der Waals surface area contributed by atoms with Crippen LogP contribution in [0.25, 0.3) is 0 Å². The molecule has 110 valence electrons. The van der Waals surface area contributed by atoms with Crippen LogP contribution in [-0.4, -0.2) is 39.0 Å². The Morgan fingerprint density at radius 3 is 2.71 bits per heavy atom. The van der Waals surface area contributed by atoms with Crippen molar-refractivity contribution in [2.45, 2.75) is 19.4 Å². The Morgan fingerprint density at radius 1 is 1.29 bits per heavy atom. The molecule has 0 saturated carbocycles. The Labute approximate surface area is 123 Å². The quantitative estimate of drug-likeness (QED) is 0.897. The molecule has 0 spiro atoms. The number of hydrogen-bond donors (Lipinski definition) is 1. The summed E-state index contributed by atoms with van der Waals surface area (Å²) in [5, 5.41) is 10.9. The maximum atomic E-state index is 12.0. The Bertz CT molecular complexity index is 615. The number of pyridine rings is 1. The number of carbonyl (C=O) groups excluding carboxylic acids is 1. The van der Waals surface area contributed by atoms with E-state index in [-0.39, 0.29) is 5.91 Å². The topological polar surface area (TPSA) is 75.9 Å². The molecule has 2 aromatic rings. The van der Waals surface area contributed by atoms with Crippen molar-refractivity contribution in [3.8, 4) is 0 Å². The summed E-state index contributed by atoms with van der Waals surface area (Å²) in [6, 6.07) is 3.72. The van der Waals surface area contributed by atoms with Gasteiger partial charge in [-0.25, -0.2) is 4.98 Å². The number of nitrogens with one attached hydrogen (secondary N) is 1. The number of amides is 1. The number of aryl methyl sites for hydroxylation is 1. The zero-order chi connectivity index (χ0) is 14.7. The van der Waals surface area contributed by atoms with Crippen LogP contribution in [0.1, 0.15) is 28.9 Å². The zero-order valence-corrected chi connectivity index (χ0v) is 12.0. The molecule has 1 N–H and O–H groups in total.